The Labute approximate surface area is 113 Å². The fourth-order valence-corrected chi connectivity index (χ4v) is 1.72. The molecule has 1 amide bonds. The molecular weight excluding hydrogens is 246 g/mol. The molecule has 0 aliphatic carbocycles. The van der Waals surface area contributed by atoms with E-state index < -0.39 is 17.7 Å². The molecule has 0 bridgehead atoms. The number of carbonyl (C=O) groups excluding carboxylic acids is 1. The van der Waals surface area contributed by atoms with Gasteiger partial charge in [0.15, 0.2) is 0 Å². The number of aliphatic hydroxyl groups excluding tert-OH is 1. The number of ether oxygens (including phenoxy) is 1. The van der Waals surface area contributed by atoms with Crippen molar-refractivity contribution >= 4 is 6.09 Å². The topological polar surface area (TPSA) is 78.8 Å². The highest BCUT2D eigenvalue weighted by atomic mass is 16.6. The molecule has 0 aliphatic rings. The zero-order valence-electron chi connectivity index (χ0n) is 11.7. The summed E-state index contributed by atoms with van der Waals surface area (Å²) in [7, 11) is 0. The minimum Gasteiger partial charge on any atom is -0.508 e. The van der Waals surface area contributed by atoms with Gasteiger partial charge in [0.25, 0.3) is 0 Å². The molecule has 1 aromatic rings. The number of amides is 1. The van der Waals surface area contributed by atoms with Crippen LogP contribution in [-0.4, -0.2) is 28.5 Å². The van der Waals surface area contributed by atoms with Crippen molar-refractivity contribution in [2.45, 2.75) is 39.3 Å². The molecule has 5 heteroatoms. The maximum absolute atomic E-state index is 11.7. The van der Waals surface area contributed by atoms with Crippen LogP contribution in [0.1, 0.15) is 37.9 Å². The van der Waals surface area contributed by atoms with Crippen LogP contribution >= 0.6 is 0 Å². The van der Waals surface area contributed by atoms with Crippen molar-refractivity contribution in [2.24, 2.45) is 0 Å². The van der Waals surface area contributed by atoms with E-state index in [1.165, 1.54) is 6.07 Å². The van der Waals surface area contributed by atoms with Crippen molar-refractivity contribution in [3.8, 4) is 5.75 Å². The molecule has 1 atom stereocenters. The summed E-state index contributed by atoms with van der Waals surface area (Å²) in [5, 5.41) is 21.3. The van der Waals surface area contributed by atoms with E-state index in [9.17, 15) is 15.0 Å². The van der Waals surface area contributed by atoms with E-state index in [0.29, 0.717) is 0 Å². The fraction of sp³-hybridized carbons (Fsp3) is 0.500. The second-order valence-corrected chi connectivity index (χ2v) is 5.42. The van der Waals surface area contributed by atoms with E-state index in [1.54, 1.807) is 39.8 Å². The number of benzene rings is 1. The van der Waals surface area contributed by atoms with Gasteiger partial charge in [0.05, 0.1) is 12.6 Å². The molecule has 0 saturated carbocycles. The monoisotopic (exact) mass is 267 g/mol. The van der Waals surface area contributed by atoms with E-state index in [-0.39, 0.29) is 12.4 Å². The second-order valence-electron chi connectivity index (χ2n) is 5.42. The molecule has 0 aromatic heterocycles. The molecule has 0 fully saturated rings. The third kappa shape index (κ3) is 4.79. The second kappa shape index (κ2) is 5.93. The number of aliphatic hydroxyl groups is 1. The van der Waals surface area contributed by atoms with Crippen molar-refractivity contribution in [3.63, 3.8) is 0 Å². The van der Waals surface area contributed by atoms with E-state index in [0.717, 1.165) is 11.1 Å². The number of nitrogens with one attached hydrogen (secondary N) is 1. The first-order valence-corrected chi connectivity index (χ1v) is 6.13. The molecular formula is C14H21NO4. The van der Waals surface area contributed by atoms with Crippen LogP contribution in [0.2, 0.25) is 0 Å². The number of hydrogen-bond acceptors (Lipinski definition) is 4. The lowest BCUT2D eigenvalue weighted by atomic mass is 10.0. The van der Waals surface area contributed by atoms with Crippen LogP contribution in [0.15, 0.2) is 18.2 Å². The van der Waals surface area contributed by atoms with Gasteiger partial charge in [-0.1, -0.05) is 6.07 Å². The largest absolute Gasteiger partial charge is 0.508 e. The Kier molecular flexibility index (Phi) is 4.78. The highest BCUT2D eigenvalue weighted by molar-refractivity contribution is 5.68. The summed E-state index contributed by atoms with van der Waals surface area (Å²) in [6.07, 6.45) is -0.584. The zero-order valence-corrected chi connectivity index (χ0v) is 11.7. The summed E-state index contributed by atoms with van der Waals surface area (Å²) in [5.74, 6) is 0.148. The zero-order chi connectivity index (χ0) is 14.6. The van der Waals surface area contributed by atoms with Crippen LogP contribution < -0.4 is 5.32 Å². The molecule has 0 spiro atoms. The molecule has 0 unspecified atom stereocenters. The number of aromatic hydroxyl groups is 1. The first-order valence-electron chi connectivity index (χ1n) is 6.13. The van der Waals surface area contributed by atoms with Crippen LogP contribution in [0.5, 0.6) is 5.75 Å². The molecule has 0 radical (unpaired) electrons. The summed E-state index contributed by atoms with van der Waals surface area (Å²) in [5.41, 5.74) is 0.940. The summed E-state index contributed by atoms with van der Waals surface area (Å²) >= 11 is 0. The van der Waals surface area contributed by atoms with Gasteiger partial charge in [-0.25, -0.2) is 4.79 Å². The first kappa shape index (κ1) is 15.3. The predicted octanol–water partition coefficient (Wildman–Crippen LogP) is 2.26. The Morgan fingerprint density at radius 2 is 2.05 bits per heavy atom. The standard InChI is InChI=1S/C14H21NO4/c1-9-7-10(17)5-6-11(9)12(8-16)15-13(18)19-14(2,3)4/h5-7,12,16-17H,8H2,1-4H3,(H,15,18)/t12-/m0/s1. The molecule has 0 heterocycles. The van der Waals surface area contributed by atoms with E-state index in [2.05, 4.69) is 5.32 Å². The number of hydrogen-bond donors (Lipinski definition) is 3. The van der Waals surface area contributed by atoms with Crippen LogP contribution in [0, 0.1) is 6.92 Å². The van der Waals surface area contributed by atoms with Gasteiger partial charge in [-0.15, -0.1) is 0 Å². The Balaban J connectivity index is 2.81. The van der Waals surface area contributed by atoms with Gasteiger partial charge in [-0.05, 0) is 51.0 Å². The first-order chi connectivity index (χ1) is 8.73. The molecule has 5 nitrogen and oxygen atoms in total. The van der Waals surface area contributed by atoms with Gasteiger partial charge in [0, 0.05) is 0 Å². The lowest BCUT2D eigenvalue weighted by Gasteiger charge is -2.23. The van der Waals surface area contributed by atoms with E-state index >= 15 is 0 Å². The van der Waals surface area contributed by atoms with Crippen LogP contribution in [-0.2, 0) is 4.74 Å². The van der Waals surface area contributed by atoms with Gasteiger partial charge in [0.1, 0.15) is 11.4 Å². The molecule has 1 rings (SSSR count). The van der Waals surface area contributed by atoms with E-state index in [4.69, 9.17) is 4.74 Å². The molecule has 19 heavy (non-hydrogen) atoms. The lowest BCUT2D eigenvalue weighted by molar-refractivity contribution is 0.0481. The van der Waals surface area contributed by atoms with Crippen molar-refractivity contribution in [3.05, 3.63) is 29.3 Å². The number of carbonyl (C=O) groups is 1. The quantitative estimate of drug-likeness (QED) is 0.785. The van der Waals surface area contributed by atoms with Crippen LogP contribution in [0.25, 0.3) is 0 Å². The van der Waals surface area contributed by atoms with Crippen LogP contribution in [0.4, 0.5) is 4.79 Å². The molecule has 0 aliphatic heterocycles. The Morgan fingerprint density at radius 3 is 2.53 bits per heavy atom. The maximum atomic E-state index is 11.7. The number of rotatable bonds is 3. The molecule has 1 aromatic carbocycles. The minimum absolute atomic E-state index is 0.148. The van der Waals surface area contributed by atoms with Gasteiger partial charge in [-0.3, -0.25) is 0 Å². The Morgan fingerprint density at radius 1 is 1.42 bits per heavy atom. The van der Waals surface area contributed by atoms with Gasteiger partial charge < -0.3 is 20.3 Å². The Bertz CT molecular complexity index is 451. The predicted molar refractivity (Wildman–Crippen MR) is 72.0 cm³/mol. The van der Waals surface area contributed by atoms with Crippen molar-refractivity contribution in [2.75, 3.05) is 6.61 Å². The number of alkyl carbamates (subject to hydrolysis) is 1. The van der Waals surface area contributed by atoms with Crippen LogP contribution in [0.3, 0.4) is 0 Å². The van der Waals surface area contributed by atoms with Gasteiger partial charge in [0.2, 0.25) is 0 Å². The van der Waals surface area contributed by atoms with Gasteiger partial charge >= 0.3 is 6.09 Å². The summed E-state index contributed by atoms with van der Waals surface area (Å²) in [6, 6.07) is 4.20. The van der Waals surface area contributed by atoms with Crippen molar-refractivity contribution < 1.29 is 19.7 Å². The average molecular weight is 267 g/mol. The summed E-state index contributed by atoms with van der Waals surface area (Å²) in [4.78, 5) is 11.7. The summed E-state index contributed by atoms with van der Waals surface area (Å²) in [6.45, 7) is 6.87. The maximum Gasteiger partial charge on any atom is 0.408 e. The van der Waals surface area contributed by atoms with Crippen molar-refractivity contribution in [1.29, 1.82) is 0 Å². The van der Waals surface area contributed by atoms with E-state index in [1.807, 2.05) is 0 Å². The summed E-state index contributed by atoms with van der Waals surface area (Å²) < 4.78 is 5.14. The van der Waals surface area contributed by atoms with Gasteiger partial charge in [-0.2, -0.15) is 0 Å². The fourth-order valence-electron chi connectivity index (χ4n) is 1.72. The number of aryl methyl sites for hydroxylation is 1. The Hall–Kier alpha value is -1.75. The lowest BCUT2D eigenvalue weighted by Crippen LogP contribution is -2.36. The smallest absolute Gasteiger partial charge is 0.408 e. The SMILES string of the molecule is Cc1cc(O)ccc1[C@H](CO)NC(=O)OC(C)(C)C. The highest BCUT2D eigenvalue weighted by Gasteiger charge is 2.21. The third-order valence-electron chi connectivity index (χ3n) is 2.50. The molecule has 3 N–H and O–H groups in total. The minimum atomic E-state index is -0.589. The molecule has 0 saturated heterocycles. The molecule has 106 valence electrons. The third-order valence-corrected chi connectivity index (χ3v) is 2.50. The van der Waals surface area contributed by atoms with Crippen molar-refractivity contribution in [1.82, 2.24) is 5.32 Å². The highest BCUT2D eigenvalue weighted by Crippen LogP contribution is 2.22. The number of phenolic OH excluding ortho intramolecular Hbond substituents is 1. The number of phenols is 1. The normalized spacial score (nSPS) is 12.9. The average Bonchev–Trinajstić information content (AvgIpc) is 2.24.